The number of thiocarbonyl (C=S) groups is 1. The van der Waals surface area contributed by atoms with Gasteiger partial charge in [-0.2, -0.15) is 0 Å². The standard InChI is InChI=1S/C15H19NO3S.Na/c1-4-19-15(18)14(16-10(2)3)12-8-6-5-7-11(12)9-13(17)20;/h5-8,14,16H,2,4,9H2,1,3H3,(H,17,20);/q;+1/p-1. The van der Waals surface area contributed by atoms with Gasteiger partial charge in [0.05, 0.1) is 6.61 Å². The Morgan fingerprint density at radius 2 is 2.10 bits per heavy atom. The molecular formula is C15H18NNaO3S. The van der Waals surface area contributed by atoms with Gasteiger partial charge in [-0.25, -0.2) is 4.79 Å². The Hall–Kier alpha value is -0.880. The van der Waals surface area contributed by atoms with E-state index in [1.54, 1.807) is 38.1 Å². The van der Waals surface area contributed by atoms with Crippen LogP contribution in [0.25, 0.3) is 0 Å². The van der Waals surface area contributed by atoms with Crippen LogP contribution in [0.2, 0.25) is 0 Å². The number of allylic oxidation sites excluding steroid dienone is 1. The smallest absolute Gasteiger partial charge is 0.867 e. The maximum atomic E-state index is 12.1. The van der Waals surface area contributed by atoms with E-state index in [4.69, 9.17) is 4.74 Å². The number of esters is 1. The molecule has 6 heteroatoms. The van der Waals surface area contributed by atoms with Crippen molar-refractivity contribution in [2.24, 2.45) is 0 Å². The van der Waals surface area contributed by atoms with E-state index in [0.717, 1.165) is 5.56 Å². The monoisotopic (exact) mass is 315 g/mol. The average molecular weight is 315 g/mol. The third-order valence-electron chi connectivity index (χ3n) is 2.61. The molecule has 1 unspecified atom stereocenters. The molecule has 21 heavy (non-hydrogen) atoms. The second-order valence-electron chi connectivity index (χ2n) is 4.36. The van der Waals surface area contributed by atoms with Crippen LogP contribution in [-0.4, -0.2) is 17.6 Å². The average Bonchev–Trinajstić information content (AvgIpc) is 2.36. The number of rotatable bonds is 7. The topological polar surface area (TPSA) is 61.4 Å². The summed E-state index contributed by atoms with van der Waals surface area (Å²) >= 11 is 4.62. The Kier molecular flexibility index (Phi) is 9.53. The third kappa shape index (κ3) is 6.61. The van der Waals surface area contributed by atoms with Crippen LogP contribution in [0.15, 0.2) is 36.5 Å². The summed E-state index contributed by atoms with van der Waals surface area (Å²) in [6, 6.07) is 6.49. The zero-order chi connectivity index (χ0) is 15.1. The first-order valence-corrected chi connectivity index (χ1v) is 6.72. The summed E-state index contributed by atoms with van der Waals surface area (Å²) in [7, 11) is 0. The minimum absolute atomic E-state index is 0. The number of hydrogen-bond acceptors (Lipinski definition) is 5. The fourth-order valence-corrected chi connectivity index (χ4v) is 2.02. The molecule has 0 saturated heterocycles. The van der Waals surface area contributed by atoms with Gasteiger partial charge < -0.3 is 15.2 Å². The maximum Gasteiger partial charge on any atom is 1.00 e. The molecule has 0 heterocycles. The van der Waals surface area contributed by atoms with E-state index in [9.17, 15) is 9.90 Å². The number of carbonyl (C=O) groups excluding carboxylic acids is 1. The van der Waals surface area contributed by atoms with Crippen LogP contribution >= 0.6 is 12.2 Å². The molecule has 0 amide bonds. The van der Waals surface area contributed by atoms with Crippen LogP contribution in [0.4, 0.5) is 0 Å². The van der Waals surface area contributed by atoms with Gasteiger partial charge in [0.2, 0.25) is 0 Å². The summed E-state index contributed by atoms with van der Waals surface area (Å²) in [4.78, 5) is 12.1. The summed E-state index contributed by atoms with van der Waals surface area (Å²) in [6.07, 6.45) is 0.110. The van der Waals surface area contributed by atoms with Gasteiger partial charge in [0.1, 0.15) is 0 Å². The molecule has 0 fully saturated rings. The quantitative estimate of drug-likeness (QED) is 0.383. The molecule has 1 rings (SSSR count). The van der Waals surface area contributed by atoms with Crippen LogP contribution in [0.3, 0.4) is 0 Å². The van der Waals surface area contributed by atoms with Crippen LogP contribution < -0.4 is 40.0 Å². The molecule has 0 aliphatic carbocycles. The minimum Gasteiger partial charge on any atom is -0.867 e. The maximum absolute atomic E-state index is 12.1. The van der Waals surface area contributed by atoms with Gasteiger partial charge in [-0.3, -0.25) is 0 Å². The molecule has 0 aromatic heterocycles. The molecule has 1 atom stereocenters. The van der Waals surface area contributed by atoms with E-state index in [1.807, 2.05) is 0 Å². The van der Waals surface area contributed by atoms with Crippen LogP contribution in [0.1, 0.15) is 31.0 Å². The number of benzene rings is 1. The summed E-state index contributed by atoms with van der Waals surface area (Å²) in [5, 5.41) is 13.8. The number of nitrogens with one attached hydrogen (secondary N) is 1. The molecule has 0 saturated carbocycles. The SMILES string of the molecule is C=C(C)NC(C(=O)OCC)c1ccccc1CC([O-])=S.[Na+]. The molecule has 0 aliphatic heterocycles. The van der Waals surface area contributed by atoms with Crippen LogP contribution in [-0.2, 0) is 16.0 Å². The van der Waals surface area contributed by atoms with Gasteiger partial charge in [-0.05, 0) is 31.4 Å². The van der Waals surface area contributed by atoms with Crippen LogP contribution in [0, 0.1) is 0 Å². The molecule has 1 aromatic rings. The van der Waals surface area contributed by atoms with Gasteiger partial charge in [0.25, 0.3) is 0 Å². The van der Waals surface area contributed by atoms with Gasteiger partial charge in [0, 0.05) is 5.70 Å². The predicted octanol–water partition coefficient (Wildman–Crippen LogP) is -1.35. The summed E-state index contributed by atoms with van der Waals surface area (Å²) in [6.45, 7) is 7.54. The minimum atomic E-state index is -0.682. The second-order valence-corrected chi connectivity index (χ2v) is 4.81. The molecule has 4 nitrogen and oxygen atoms in total. The second kappa shape index (κ2) is 9.95. The van der Waals surface area contributed by atoms with E-state index in [2.05, 4.69) is 24.1 Å². The van der Waals surface area contributed by atoms with E-state index in [1.165, 1.54) is 0 Å². The third-order valence-corrected chi connectivity index (χ3v) is 2.76. The molecule has 0 radical (unpaired) electrons. The number of ether oxygens (including phenoxy) is 1. The molecular weight excluding hydrogens is 297 g/mol. The van der Waals surface area contributed by atoms with E-state index >= 15 is 0 Å². The summed E-state index contributed by atoms with van der Waals surface area (Å²) in [5.41, 5.74) is 2.05. The Morgan fingerprint density at radius 3 is 2.62 bits per heavy atom. The zero-order valence-electron chi connectivity index (χ0n) is 12.6. The fourth-order valence-electron chi connectivity index (χ4n) is 1.87. The first kappa shape index (κ1) is 20.1. The van der Waals surface area contributed by atoms with Gasteiger partial charge in [-0.15, -0.1) is 12.2 Å². The van der Waals surface area contributed by atoms with Crippen molar-refractivity contribution in [1.82, 2.24) is 5.32 Å². The molecule has 1 N–H and O–H groups in total. The van der Waals surface area contributed by atoms with Crippen molar-refractivity contribution >= 4 is 23.2 Å². The Labute approximate surface area is 152 Å². The van der Waals surface area contributed by atoms with Crippen molar-refractivity contribution in [3.63, 3.8) is 0 Å². The predicted molar refractivity (Wildman–Crippen MR) is 80.1 cm³/mol. The number of carbonyl (C=O) groups is 1. The molecule has 1 aromatic carbocycles. The summed E-state index contributed by atoms with van der Waals surface area (Å²) < 4.78 is 5.07. The number of hydrogen-bond donors (Lipinski definition) is 1. The zero-order valence-corrected chi connectivity index (χ0v) is 15.5. The Morgan fingerprint density at radius 1 is 1.48 bits per heavy atom. The molecule has 0 aliphatic rings. The van der Waals surface area contributed by atoms with Crippen molar-refractivity contribution in [3.05, 3.63) is 47.7 Å². The van der Waals surface area contributed by atoms with Crippen molar-refractivity contribution in [1.29, 1.82) is 0 Å². The first-order valence-electron chi connectivity index (χ1n) is 6.32. The fraction of sp³-hybridized carbons (Fsp3) is 0.333. The molecule has 0 spiro atoms. The Balaban J connectivity index is 0.00000400. The molecule has 108 valence electrons. The van der Waals surface area contributed by atoms with Gasteiger partial charge in [-0.1, -0.05) is 35.9 Å². The largest absolute Gasteiger partial charge is 1.00 e. The first-order chi connectivity index (χ1) is 9.45. The van der Waals surface area contributed by atoms with Gasteiger partial charge >= 0.3 is 35.5 Å². The van der Waals surface area contributed by atoms with Gasteiger partial charge in [0.15, 0.2) is 6.04 Å². The normalized spacial score (nSPS) is 11.0. The van der Waals surface area contributed by atoms with Crippen molar-refractivity contribution in [2.75, 3.05) is 6.61 Å². The Bertz CT molecular complexity index is 519. The van der Waals surface area contributed by atoms with Crippen molar-refractivity contribution in [3.8, 4) is 0 Å². The summed E-state index contributed by atoms with van der Waals surface area (Å²) in [5.74, 6) is -0.403. The van der Waals surface area contributed by atoms with Crippen molar-refractivity contribution < 1.29 is 44.2 Å². The van der Waals surface area contributed by atoms with E-state index in [-0.39, 0.29) is 47.6 Å². The molecule has 0 bridgehead atoms. The van der Waals surface area contributed by atoms with E-state index < -0.39 is 12.0 Å². The van der Waals surface area contributed by atoms with E-state index in [0.29, 0.717) is 11.3 Å². The van der Waals surface area contributed by atoms with Crippen LogP contribution in [0.5, 0.6) is 0 Å². The van der Waals surface area contributed by atoms with Crippen molar-refractivity contribution in [2.45, 2.75) is 26.3 Å².